The molecule has 0 aliphatic carbocycles. The van der Waals surface area contributed by atoms with E-state index in [0.29, 0.717) is 11.6 Å². The van der Waals surface area contributed by atoms with Crippen LogP contribution in [0.15, 0.2) is 29.0 Å². The second-order valence-corrected chi connectivity index (χ2v) is 4.63. The van der Waals surface area contributed by atoms with Crippen molar-refractivity contribution in [3.63, 3.8) is 0 Å². The zero-order chi connectivity index (χ0) is 11.5. The number of benzene rings is 1. The first kappa shape index (κ1) is 11.4. The second-order valence-electron chi connectivity index (χ2n) is 3.34. The Morgan fingerprint density at radius 1 is 1.50 bits per heavy atom. The molecule has 6 heteroatoms. The van der Waals surface area contributed by atoms with Gasteiger partial charge in [0.1, 0.15) is 6.33 Å². The van der Waals surface area contributed by atoms with Crippen LogP contribution in [0.1, 0.15) is 5.82 Å². The smallest absolute Gasteiger partial charge is 0.151 e. The molecule has 0 spiro atoms. The van der Waals surface area contributed by atoms with E-state index in [1.54, 1.807) is 6.33 Å². The first-order valence-electron chi connectivity index (χ1n) is 4.68. The van der Waals surface area contributed by atoms with Crippen LogP contribution in [0.2, 0.25) is 5.02 Å². The largest absolute Gasteiger partial charge is 0.377 e. The maximum absolute atomic E-state index is 5.91. The molecule has 2 aromatic rings. The van der Waals surface area contributed by atoms with Crippen molar-refractivity contribution in [1.29, 1.82) is 0 Å². The van der Waals surface area contributed by atoms with Crippen LogP contribution in [0.4, 0.5) is 5.69 Å². The molecule has 0 radical (unpaired) electrons. The molecule has 0 atom stereocenters. The van der Waals surface area contributed by atoms with Crippen LogP contribution in [0.5, 0.6) is 0 Å². The van der Waals surface area contributed by atoms with E-state index >= 15 is 0 Å². The van der Waals surface area contributed by atoms with Crippen LogP contribution in [0.25, 0.3) is 0 Å². The number of aromatic nitrogens is 3. The molecule has 1 aromatic carbocycles. The molecule has 0 aliphatic heterocycles. The number of halogens is 2. The molecule has 1 heterocycles. The van der Waals surface area contributed by atoms with Crippen molar-refractivity contribution in [2.24, 2.45) is 7.05 Å². The summed E-state index contributed by atoms with van der Waals surface area (Å²) in [6.07, 6.45) is 1.67. The lowest BCUT2D eigenvalue weighted by Crippen LogP contribution is -2.05. The van der Waals surface area contributed by atoms with Gasteiger partial charge in [-0.15, -0.1) is 10.2 Å². The summed E-state index contributed by atoms with van der Waals surface area (Å²) in [6.45, 7) is 0.607. The second kappa shape index (κ2) is 4.84. The third-order valence-electron chi connectivity index (χ3n) is 2.17. The average Bonchev–Trinajstić information content (AvgIpc) is 2.66. The third kappa shape index (κ3) is 2.54. The maximum atomic E-state index is 5.91. The Balaban J connectivity index is 2.10. The van der Waals surface area contributed by atoms with Gasteiger partial charge in [0.2, 0.25) is 0 Å². The molecular weight excluding hydrogens is 291 g/mol. The van der Waals surface area contributed by atoms with E-state index in [0.717, 1.165) is 16.0 Å². The normalized spacial score (nSPS) is 10.4. The molecule has 4 nitrogen and oxygen atoms in total. The monoisotopic (exact) mass is 300 g/mol. The highest BCUT2D eigenvalue weighted by molar-refractivity contribution is 9.10. The standard InChI is InChI=1S/C10H10BrClN4/c1-16-6-14-15-10(16)5-13-9-4-7(12)2-3-8(9)11/h2-4,6,13H,5H2,1H3. The van der Waals surface area contributed by atoms with Crippen molar-refractivity contribution in [2.75, 3.05) is 5.32 Å². The molecule has 0 unspecified atom stereocenters. The van der Waals surface area contributed by atoms with Gasteiger partial charge >= 0.3 is 0 Å². The van der Waals surface area contributed by atoms with Crippen LogP contribution in [0, 0.1) is 0 Å². The molecule has 0 bridgehead atoms. The number of rotatable bonds is 3. The van der Waals surface area contributed by atoms with E-state index < -0.39 is 0 Å². The van der Waals surface area contributed by atoms with Crippen molar-refractivity contribution in [1.82, 2.24) is 14.8 Å². The summed E-state index contributed by atoms with van der Waals surface area (Å²) in [5.41, 5.74) is 0.940. The molecule has 1 N–H and O–H groups in total. The summed E-state index contributed by atoms with van der Waals surface area (Å²) in [4.78, 5) is 0. The summed E-state index contributed by atoms with van der Waals surface area (Å²) in [6, 6.07) is 5.60. The molecule has 0 saturated heterocycles. The van der Waals surface area contributed by atoms with E-state index in [1.807, 2.05) is 29.8 Å². The highest BCUT2D eigenvalue weighted by Crippen LogP contribution is 2.26. The van der Waals surface area contributed by atoms with Crippen molar-refractivity contribution in [2.45, 2.75) is 6.54 Å². The molecule has 0 amide bonds. The third-order valence-corrected chi connectivity index (χ3v) is 3.10. The highest BCUT2D eigenvalue weighted by atomic mass is 79.9. The lowest BCUT2D eigenvalue weighted by molar-refractivity contribution is 0.812. The van der Waals surface area contributed by atoms with Gasteiger partial charge in [-0.2, -0.15) is 0 Å². The molecule has 0 saturated carbocycles. The van der Waals surface area contributed by atoms with Gasteiger partial charge < -0.3 is 9.88 Å². The first-order valence-corrected chi connectivity index (χ1v) is 5.85. The summed E-state index contributed by atoms with van der Waals surface area (Å²) >= 11 is 9.36. The first-order chi connectivity index (χ1) is 7.66. The Morgan fingerprint density at radius 2 is 2.31 bits per heavy atom. The molecule has 1 aromatic heterocycles. The Bertz CT molecular complexity index is 497. The number of nitrogens with one attached hydrogen (secondary N) is 1. The van der Waals surface area contributed by atoms with E-state index in [9.17, 15) is 0 Å². The summed E-state index contributed by atoms with van der Waals surface area (Å²) < 4.78 is 2.84. The Hall–Kier alpha value is -1.07. The van der Waals surface area contributed by atoms with Crippen LogP contribution < -0.4 is 5.32 Å². The Labute approximate surface area is 107 Å². The van der Waals surface area contributed by atoms with E-state index in [2.05, 4.69) is 31.4 Å². The molecule has 0 aliphatic rings. The summed E-state index contributed by atoms with van der Waals surface area (Å²) in [5, 5.41) is 11.7. The Kier molecular flexibility index (Phi) is 3.46. The lowest BCUT2D eigenvalue weighted by Gasteiger charge is -2.08. The van der Waals surface area contributed by atoms with E-state index in [4.69, 9.17) is 11.6 Å². The minimum Gasteiger partial charge on any atom is -0.377 e. The number of anilines is 1. The number of hydrogen-bond acceptors (Lipinski definition) is 3. The van der Waals surface area contributed by atoms with E-state index in [-0.39, 0.29) is 0 Å². The minimum atomic E-state index is 0.607. The fourth-order valence-corrected chi connectivity index (χ4v) is 1.83. The van der Waals surface area contributed by atoms with Crippen molar-refractivity contribution >= 4 is 33.2 Å². The maximum Gasteiger partial charge on any atom is 0.151 e. The molecule has 16 heavy (non-hydrogen) atoms. The summed E-state index contributed by atoms with van der Waals surface area (Å²) in [5.74, 6) is 0.867. The van der Waals surface area contributed by atoms with Crippen LogP contribution in [-0.2, 0) is 13.6 Å². The number of nitrogens with zero attached hydrogens (tertiary/aromatic N) is 3. The zero-order valence-electron chi connectivity index (χ0n) is 8.61. The molecular formula is C10H10BrClN4. The zero-order valence-corrected chi connectivity index (χ0v) is 11.0. The minimum absolute atomic E-state index is 0.607. The summed E-state index contributed by atoms with van der Waals surface area (Å²) in [7, 11) is 1.91. The van der Waals surface area contributed by atoms with Gasteiger partial charge in [0.05, 0.1) is 12.2 Å². The molecule has 0 fully saturated rings. The Morgan fingerprint density at radius 3 is 3.00 bits per heavy atom. The van der Waals surface area contributed by atoms with Gasteiger partial charge in [-0.05, 0) is 34.1 Å². The van der Waals surface area contributed by atoms with Crippen LogP contribution >= 0.6 is 27.5 Å². The van der Waals surface area contributed by atoms with Crippen molar-refractivity contribution < 1.29 is 0 Å². The van der Waals surface area contributed by atoms with Crippen molar-refractivity contribution in [3.05, 3.63) is 39.8 Å². The quantitative estimate of drug-likeness (QED) is 0.948. The number of aryl methyl sites for hydroxylation is 1. The highest BCUT2D eigenvalue weighted by Gasteiger charge is 2.03. The van der Waals surface area contributed by atoms with Gasteiger partial charge in [0.15, 0.2) is 5.82 Å². The predicted octanol–water partition coefficient (Wildman–Crippen LogP) is 2.84. The van der Waals surface area contributed by atoms with E-state index in [1.165, 1.54) is 0 Å². The van der Waals surface area contributed by atoms with Crippen LogP contribution in [-0.4, -0.2) is 14.8 Å². The van der Waals surface area contributed by atoms with Gasteiger partial charge in [-0.1, -0.05) is 11.6 Å². The van der Waals surface area contributed by atoms with Gasteiger partial charge in [-0.25, -0.2) is 0 Å². The van der Waals surface area contributed by atoms with Gasteiger partial charge in [0, 0.05) is 16.5 Å². The lowest BCUT2D eigenvalue weighted by atomic mass is 10.3. The molecule has 84 valence electrons. The van der Waals surface area contributed by atoms with Crippen LogP contribution in [0.3, 0.4) is 0 Å². The topological polar surface area (TPSA) is 42.7 Å². The molecule has 2 rings (SSSR count). The van der Waals surface area contributed by atoms with Gasteiger partial charge in [-0.3, -0.25) is 0 Å². The number of hydrogen-bond donors (Lipinski definition) is 1. The fourth-order valence-electron chi connectivity index (χ4n) is 1.27. The fraction of sp³-hybridized carbons (Fsp3) is 0.200. The predicted molar refractivity (Wildman–Crippen MR) is 67.5 cm³/mol. The van der Waals surface area contributed by atoms with Crippen molar-refractivity contribution in [3.8, 4) is 0 Å². The SMILES string of the molecule is Cn1cnnc1CNc1cc(Cl)ccc1Br. The van der Waals surface area contributed by atoms with Gasteiger partial charge in [0.25, 0.3) is 0 Å². The average molecular weight is 302 g/mol.